The van der Waals surface area contributed by atoms with E-state index in [1.807, 2.05) is 19.1 Å². The lowest BCUT2D eigenvalue weighted by atomic mass is 10.1. The number of benzene rings is 2. The molecule has 0 spiro atoms. The molecule has 0 saturated heterocycles. The van der Waals surface area contributed by atoms with Crippen molar-refractivity contribution < 1.29 is 4.74 Å². The number of aryl methyl sites for hydroxylation is 1. The molecule has 106 valence electrons. The van der Waals surface area contributed by atoms with Crippen molar-refractivity contribution in [3.63, 3.8) is 0 Å². The average molecular weight is 287 g/mol. The van der Waals surface area contributed by atoms with Crippen molar-refractivity contribution in [3.05, 3.63) is 53.6 Å². The van der Waals surface area contributed by atoms with E-state index in [9.17, 15) is 0 Å². The van der Waals surface area contributed by atoms with Crippen LogP contribution in [-0.2, 0) is 6.42 Å². The summed E-state index contributed by atoms with van der Waals surface area (Å²) in [6.07, 6.45) is 0.925. The molecule has 0 saturated carbocycles. The number of hydrogen-bond acceptors (Lipinski definition) is 3. The zero-order chi connectivity index (χ0) is 14.5. The maximum absolute atomic E-state index is 5.85. The Bertz CT molecular complexity index is 564. The minimum absolute atomic E-state index is 0.203. The molecule has 2 aromatic carbocycles. The Kier molecular flexibility index (Phi) is 5.10. The second-order valence-corrected chi connectivity index (χ2v) is 6.17. The summed E-state index contributed by atoms with van der Waals surface area (Å²) in [6, 6.07) is 14.9. The van der Waals surface area contributed by atoms with Gasteiger partial charge in [0.1, 0.15) is 5.75 Å². The van der Waals surface area contributed by atoms with E-state index in [0.717, 1.165) is 12.2 Å². The first-order valence-corrected chi connectivity index (χ1v) is 7.57. The van der Waals surface area contributed by atoms with E-state index in [1.54, 1.807) is 18.9 Å². The fourth-order valence-electron chi connectivity index (χ4n) is 2.10. The van der Waals surface area contributed by atoms with Crippen LogP contribution in [0.25, 0.3) is 0 Å². The van der Waals surface area contributed by atoms with Crippen molar-refractivity contribution in [1.29, 1.82) is 0 Å². The van der Waals surface area contributed by atoms with Gasteiger partial charge in [-0.05, 0) is 61.7 Å². The minimum Gasteiger partial charge on any atom is -0.497 e. The Morgan fingerprint density at radius 3 is 2.40 bits per heavy atom. The lowest BCUT2D eigenvalue weighted by Crippen LogP contribution is -2.17. The maximum Gasteiger partial charge on any atom is 0.118 e. The summed E-state index contributed by atoms with van der Waals surface area (Å²) >= 11 is 1.77. The highest BCUT2D eigenvalue weighted by Crippen LogP contribution is 2.31. The highest BCUT2D eigenvalue weighted by molar-refractivity contribution is 7.99. The lowest BCUT2D eigenvalue weighted by molar-refractivity contribution is 0.414. The molecule has 1 unspecified atom stereocenters. The molecule has 0 aromatic heterocycles. The zero-order valence-electron chi connectivity index (χ0n) is 12.2. The van der Waals surface area contributed by atoms with E-state index in [0.29, 0.717) is 0 Å². The molecule has 0 bridgehead atoms. The molecule has 2 rings (SSSR count). The van der Waals surface area contributed by atoms with Crippen molar-refractivity contribution >= 4 is 11.8 Å². The van der Waals surface area contributed by atoms with Gasteiger partial charge in [0.2, 0.25) is 0 Å². The third-order valence-electron chi connectivity index (χ3n) is 3.08. The second-order valence-electron chi connectivity index (χ2n) is 5.06. The van der Waals surface area contributed by atoms with Crippen LogP contribution in [0.15, 0.2) is 52.3 Å². The van der Waals surface area contributed by atoms with Crippen LogP contribution in [0.5, 0.6) is 5.75 Å². The molecule has 0 aliphatic rings. The third-order valence-corrected chi connectivity index (χ3v) is 4.27. The predicted octanol–water partition coefficient (Wildman–Crippen LogP) is 4.04. The fraction of sp³-hybridized carbons (Fsp3) is 0.294. The van der Waals surface area contributed by atoms with Gasteiger partial charge in [-0.25, -0.2) is 0 Å². The van der Waals surface area contributed by atoms with Crippen LogP contribution < -0.4 is 10.5 Å². The van der Waals surface area contributed by atoms with Gasteiger partial charge in [-0.15, -0.1) is 0 Å². The highest BCUT2D eigenvalue weighted by atomic mass is 32.2. The Labute approximate surface area is 125 Å². The number of nitrogens with two attached hydrogens (primary N) is 1. The molecular formula is C17H21NOS. The average Bonchev–Trinajstić information content (AvgIpc) is 2.42. The molecule has 0 radical (unpaired) electrons. The van der Waals surface area contributed by atoms with Crippen molar-refractivity contribution in [3.8, 4) is 5.75 Å². The maximum atomic E-state index is 5.85. The van der Waals surface area contributed by atoms with Gasteiger partial charge < -0.3 is 10.5 Å². The molecule has 1 atom stereocenters. The van der Waals surface area contributed by atoms with Gasteiger partial charge >= 0.3 is 0 Å². The predicted molar refractivity (Wildman–Crippen MR) is 85.6 cm³/mol. The molecule has 3 heteroatoms. The topological polar surface area (TPSA) is 35.2 Å². The number of rotatable bonds is 5. The first-order valence-electron chi connectivity index (χ1n) is 6.75. The first-order chi connectivity index (χ1) is 9.58. The lowest BCUT2D eigenvalue weighted by Gasteiger charge is -2.10. The molecule has 0 aliphatic heterocycles. The van der Waals surface area contributed by atoms with Crippen LogP contribution in [0.4, 0.5) is 0 Å². The number of hydrogen-bond donors (Lipinski definition) is 1. The Morgan fingerprint density at radius 1 is 1.15 bits per heavy atom. The van der Waals surface area contributed by atoms with Gasteiger partial charge in [0, 0.05) is 15.8 Å². The van der Waals surface area contributed by atoms with E-state index in [1.165, 1.54) is 20.9 Å². The van der Waals surface area contributed by atoms with Gasteiger partial charge in [0.15, 0.2) is 0 Å². The third kappa shape index (κ3) is 4.02. The highest BCUT2D eigenvalue weighted by Gasteiger charge is 2.04. The first kappa shape index (κ1) is 14.9. The van der Waals surface area contributed by atoms with Crippen LogP contribution in [0.2, 0.25) is 0 Å². The summed E-state index contributed by atoms with van der Waals surface area (Å²) in [5.41, 5.74) is 8.44. The van der Waals surface area contributed by atoms with Crippen LogP contribution in [0.3, 0.4) is 0 Å². The minimum atomic E-state index is 0.203. The van der Waals surface area contributed by atoms with Crippen LogP contribution in [0, 0.1) is 6.92 Å². The van der Waals surface area contributed by atoms with E-state index >= 15 is 0 Å². The smallest absolute Gasteiger partial charge is 0.118 e. The standard InChI is InChI=1S/C17H21NOS/c1-12-10-14(11-13(2)18)4-9-17(12)20-16-7-5-15(19-3)6-8-16/h4-10,13H,11,18H2,1-3H3. The summed E-state index contributed by atoms with van der Waals surface area (Å²) < 4.78 is 5.17. The Morgan fingerprint density at radius 2 is 1.85 bits per heavy atom. The summed E-state index contributed by atoms with van der Waals surface area (Å²) in [5, 5.41) is 0. The number of methoxy groups -OCH3 is 1. The molecule has 0 heterocycles. The van der Waals surface area contributed by atoms with Crippen molar-refractivity contribution in [2.24, 2.45) is 5.73 Å². The molecule has 20 heavy (non-hydrogen) atoms. The second kappa shape index (κ2) is 6.82. The van der Waals surface area contributed by atoms with Gasteiger partial charge in [0.25, 0.3) is 0 Å². The zero-order valence-corrected chi connectivity index (χ0v) is 13.0. The van der Waals surface area contributed by atoms with Crippen LogP contribution in [-0.4, -0.2) is 13.2 Å². The number of ether oxygens (including phenoxy) is 1. The molecule has 0 fully saturated rings. The van der Waals surface area contributed by atoms with Crippen LogP contribution >= 0.6 is 11.8 Å². The quantitative estimate of drug-likeness (QED) is 0.901. The SMILES string of the molecule is COc1ccc(Sc2ccc(CC(C)N)cc2C)cc1. The Balaban J connectivity index is 2.12. The monoisotopic (exact) mass is 287 g/mol. The van der Waals surface area contributed by atoms with E-state index in [4.69, 9.17) is 10.5 Å². The van der Waals surface area contributed by atoms with Gasteiger partial charge in [-0.2, -0.15) is 0 Å². The molecule has 0 amide bonds. The summed E-state index contributed by atoms with van der Waals surface area (Å²) in [7, 11) is 1.68. The fourth-order valence-corrected chi connectivity index (χ4v) is 2.98. The van der Waals surface area contributed by atoms with Crippen LogP contribution in [0.1, 0.15) is 18.1 Å². The molecule has 2 N–H and O–H groups in total. The van der Waals surface area contributed by atoms with Gasteiger partial charge in [-0.1, -0.05) is 23.9 Å². The van der Waals surface area contributed by atoms with E-state index in [2.05, 4.69) is 37.3 Å². The normalized spacial score (nSPS) is 12.2. The summed E-state index contributed by atoms with van der Waals surface area (Å²) in [4.78, 5) is 2.50. The van der Waals surface area contributed by atoms with Gasteiger partial charge in [0.05, 0.1) is 7.11 Å². The van der Waals surface area contributed by atoms with E-state index in [-0.39, 0.29) is 6.04 Å². The van der Waals surface area contributed by atoms with Gasteiger partial charge in [-0.3, -0.25) is 0 Å². The molecule has 2 nitrogen and oxygen atoms in total. The summed E-state index contributed by atoms with van der Waals surface area (Å²) in [6.45, 7) is 4.19. The molecule has 2 aromatic rings. The van der Waals surface area contributed by atoms with Crippen molar-refractivity contribution in [1.82, 2.24) is 0 Å². The Hall–Kier alpha value is -1.45. The largest absolute Gasteiger partial charge is 0.497 e. The van der Waals surface area contributed by atoms with E-state index < -0.39 is 0 Å². The van der Waals surface area contributed by atoms with Crippen molar-refractivity contribution in [2.45, 2.75) is 36.1 Å². The molecule has 0 aliphatic carbocycles. The molecular weight excluding hydrogens is 266 g/mol. The summed E-state index contributed by atoms with van der Waals surface area (Å²) in [5.74, 6) is 0.887. The van der Waals surface area contributed by atoms with Crippen molar-refractivity contribution in [2.75, 3.05) is 7.11 Å².